The van der Waals surface area contributed by atoms with E-state index >= 15 is 0 Å². The quantitative estimate of drug-likeness (QED) is 0.860. The van der Waals surface area contributed by atoms with Crippen molar-refractivity contribution in [1.82, 2.24) is 10.3 Å². The summed E-state index contributed by atoms with van der Waals surface area (Å²) < 4.78 is 18.3. The second-order valence-corrected chi connectivity index (χ2v) is 4.08. The molecule has 1 atom stereocenters. The molecule has 1 unspecified atom stereocenters. The summed E-state index contributed by atoms with van der Waals surface area (Å²) in [5, 5.41) is 2.91. The van der Waals surface area contributed by atoms with E-state index in [4.69, 9.17) is 10.2 Å². The summed E-state index contributed by atoms with van der Waals surface area (Å²) in [5.74, 6) is -1.14. The van der Waals surface area contributed by atoms with Gasteiger partial charge < -0.3 is 9.73 Å². The van der Waals surface area contributed by atoms with Gasteiger partial charge in [-0.25, -0.2) is 14.4 Å². The van der Waals surface area contributed by atoms with E-state index in [9.17, 15) is 4.39 Å². The summed E-state index contributed by atoms with van der Waals surface area (Å²) in [6.45, 7) is 0. The number of halogens is 1. The lowest BCUT2D eigenvalue weighted by Crippen LogP contribution is -2.47. The molecule has 6 heteroatoms. The molecular weight excluding hydrogens is 247 g/mol. The molecule has 0 saturated heterocycles. The van der Waals surface area contributed by atoms with Gasteiger partial charge >= 0.3 is 0 Å². The molecule has 1 aromatic carbocycles. The molecule has 1 aliphatic rings. The Bertz CT molecular complexity index is 647. The molecule has 3 rings (SSSR count). The van der Waals surface area contributed by atoms with Gasteiger partial charge in [-0.3, -0.25) is 5.73 Å². The van der Waals surface area contributed by atoms with Gasteiger partial charge in [0.15, 0.2) is 12.2 Å². The topological polar surface area (TPSA) is 76.4 Å². The fraction of sp³-hybridized carbons (Fsp3) is 0.0769. The number of oxazole rings is 1. The number of aliphatic imine (C=N–C) groups is 1. The van der Waals surface area contributed by atoms with E-state index in [0.717, 1.165) is 0 Å². The summed E-state index contributed by atoms with van der Waals surface area (Å²) in [4.78, 5) is 8.28. The van der Waals surface area contributed by atoms with Crippen molar-refractivity contribution in [3.63, 3.8) is 0 Å². The van der Waals surface area contributed by atoms with Crippen molar-refractivity contribution < 1.29 is 8.81 Å². The van der Waals surface area contributed by atoms with Crippen LogP contribution in [0, 0.1) is 5.82 Å². The lowest BCUT2D eigenvalue weighted by atomic mass is 10.1. The molecule has 19 heavy (non-hydrogen) atoms. The van der Waals surface area contributed by atoms with E-state index < -0.39 is 5.79 Å². The molecule has 3 N–H and O–H groups in total. The SMILES string of the molecule is NC1(c2ocnc2-c2ccc(F)cc2)N=CC=CN1. The molecule has 0 bridgehead atoms. The summed E-state index contributed by atoms with van der Waals surface area (Å²) in [6.07, 6.45) is 6.26. The smallest absolute Gasteiger partial charge is 0.244 e. The average molecular weight is 258 g/mol. The predicted molar refractivity (Wildman–Crippen MR) is 68.5 cm³/mol. The third-order valence-corrected chi connectivity index (χ3v) is 2.80. The Morgan fingerprint density at radius 1 is 1.26 bits per heavy atom. The van der Waals surface area contributed by atoms with Gasteiger partial charge in [-0.15, -0.1) is 0 Å². The van der Waals surface area contributed by atoms with E-state index in [1.807, 2.05) is 0 Å². The van der Waals surface area contributed by atoms with Crippen LogP contribution in [-0.4, -0.2) is 11.2 Å². The number of nitrogens with one attached hydrogen (secondary N) is 1. The Balaban J connectivity index is 2.05. The van der Waals surface area contributed by atoms with Crippen molar-refractivity contribution in [1.29, 1.82) is 0 Å². The zero-order chi connectivity index (χ0) is 13.3. The first kappa shape index (κ1) is 11.6. The summed E-state index contributed by atoms with van der Waals surface area (Å²) in [6, 6.07) is 5.94. The van der Waals surface area contributed by atoms with Crippen molar-refractivity contribution >= 4 is 6.21 Å². The van der Waals surface area contributed by atoms with Gasteiger partial charge in [0.25, 0.3) is 0 Å². The lowest BCUT2D eigenvalue weighted by molar-refractivity contribution is 0.321. The van der Waals surface area contributed by atoms with Crippen LogP contribution < -0.4 is 11.1 Å². The maximum Gasteiger partial charge on any atom is 0.244 e. The van der Waals surface area contributed by atoms with Crippen LogP contribution in [0.5, 0.6) is 0 Å². The number of rotatable bonds is 2. The molecule has 0 spiro atoms. The Labute approximate surface area is 108 Å². The fourth-order valence-corrected chi connectivity index (χ4v) is 1.87. The van der Waals surface area contributed by atoms with Crippen molar-refractivity contribution in [3.8, 4) is 11.3 Å². The third-order valence-electron chi connectivity index (χ3n) is 2.80. The van der Waals surface area contributed by atoms with Gasteiger partial charge in [-0.1, -0.05) is 0 Å². The van der Waals surface area contributed by atoms with Gasteiger partial charge in [0, 0.05) is 18.0 Å². The van der Waals surface area contributed by atoms with E-state index in [0.29, 0.717) is 17.0 Å². The molecule has 0 saturated carbocycles. The van der Waals surface area contributed by atoms with Crippen LogP contribution >= 0.6 is 0 Å². The highest BCUT2D eigenvalue weighted by molar-refractivity contribution is 5.73. The minimum absolute atomic E-state index is 0.312. The highest BCUT2D eigenvalue weighted by Gasteiger charge is 2.33. The van der Waals surface area contributed by atoms with E-state index in [1.165, 1.54) is 18.5 Å². The van der Waals surface area contributed by atoms with Gasteiger partial charge in [0.1, 0.15) is 11.5 Å². The number of aromatic nitrogens is 1. The van der Waals surface area contributed by atoms with Crippen LogP contribution in [0.4, 0.5) is 4.39 Å². The van der Waals surface area contributed by atoms with Crippen LogP contribution in [-0.2, 0) is 5.79 Å². The van der Waals surface area contributed by atoms with Crippen LogP contribution in [0.15, 0.2) is 52.3 Å². The normalized spacial score (nSPS) is 21.4. The molecule has 96 valence electrons. The van der Waals surface area contributed by atoms with Crippen molar-refractivity contribution in [2.45, 2.75) is 5.79 Å². The molecule has 2 aromatic rings. The molecule has 2 heterocycles. The number of benzene rings is 1. The second-order valence-electron chi connectivity index (χ2n) is 4.08. The average Bonchev–Trinajstić information content (AvgIpc) is 2.90. The molecule has 1 aliphatic heterocycles. The summed E-state index contributed by atoms with van der Waals surface area (Å²) >= 11 is 0. The standard InChI is InChI=1S/C13H11FN4O/c14-10-4-2-9(3-5-10)11-12(19-8-16-11)13(15)17-6-1-7-18-13/h1-8,17H,15H2. The van der Waals surface area contributed by atoms with Gasteiger partial charge in [0.2, 0.25) is 5.79 Å². The first-order valence-corrected chi connectivity index (χ1v) is 5.66. The second kappa shape index (κ2) is 4.33. The van der Waals surface area contributed by atoms with Crippen molar-refractivity contribution in [3.05, 3.63) is 54.5 Å². The van der Waals surface area contributed by atoms with Gasteiger partial charge in [-0.2, -0.15) is 0 Å². The molecule has 1 aromatic heterocycles. The van der Waals surface area contributed by atoms with Crippen molar-refractivity contribution in [2.75, 3.05) is 0 Å². The van der Waals surface area contributed by atoms with Gasteiger partial charge in [-0.05, 0) is 30.3 Å². The summed E-state index contributed by atoms with van der Waals surface area (Å²) in [5.41, 5.74) is 7.36. The molecule has 0 aliphatic carbocycles. The minimum Gasteiger partial charge on any atom is -0.442 e. The molecular formula is C13H11FN4O. The molecule has 0 radical (unpaired) electrons. The van der Waals surface area contributed by atoms with Crippen LogP contribution in [0.25, 0.3) is 11.3 Å². The maximum absolute atomic E-state index is 12.9. The minimum atomic E-state index is -1.20. The highest BCUT2D eigenvalue weighted by atomic mass is 19.1. The van der Waals surface area contributed by atoms with E-state index in [2.05, 4.69) is 15.3 Å². The number of allylic oxidation sites excluding steroid dienone is 1. The molecule has 5 nitrogen and oxygen atoms in total. The van der Waals surface area contributed by atoms with Gasteiger partial charge in [0.05, 0.1) is 0 Å². The number of hydrogen-bond donors (Lipinski definition) is 2. The number of hydrogen-bond acceptors (Lipinski definition) is 5. The number of nitrogens with two attached hydrogens (primary N) is 1. The van der Waals surface area contributed by atoms with Crippen molar-refractivity contribution in [2.24, 2.45) is 10.7 Å². The van der Waals surface area contributed by atoms with E-state index in [1.54, 1.807) is 30.6 Å². The van der Waals surface area contributed by atoms with Crippen LogP contribution in [0.3, 0.4) is 0 Å². The predicted octanol–water partition coefficient (Wildman–Crippen LogP) is 1.74. The molecule has 0 fully saturated rings. The fourth-order valence-electron chi connectivity index (χ4n) is 1.87. The van der Waals surface area contributed by atoms with Crippen LogP contribution in [0.2, 0.25) is 0 Å². The first-order chi connectivity index (χ1) is 9.19. The zero-order valence-electron chi connectivity index (χ0n) is 9.88. The lowest BCUT2D eigenvalue weighted by Gasteiger charge is -2.25. The monoisotopic (exact) mass is 258 g/mol. The summed E-state index contributed by atoms with van der Waals surface area (Å²) in [7, 11) is 0. The Morgan fingerprint density at radius 3 is 2.74 bits per heavy atom. The van der Waals surface area contributed by atoms with E-state index in [-0.39, 0.29) is 5.82 Å². The highest BCUT2D eigenvalue weighted by Crippen LogP contribution is 2.29. The third kappa shape index (κ3) is 2.02. The molecule has 0 amide bonds. The maximum atomic E-state index is 12.9. The Morgan fingerprint density at radius 2 is 2.05 bits per heavy atom. The largest absolute Gasteiger partial charge is 0.442 e. The number of nitrogens with zero attached hydrogens (tertiary/aromatic N) is 2. The Hall–Kier alpha value is -2.47. The Kier molecular flexibility index (Phi) is 2.64. The first-order valence-electron chi connectivity index (χ1n) is 5.66. The van der Waals surface area contributed by atoms with Crippen LogP contribution in [0.1, 0.15) is 5.76 Å². The zero-order valence-corrected chi connectivity index (χ0v) is 9.88.